The molecule has 7 heteroatoms. The highest BCUT2D eigenvalue weighted by Crippen LogP contribution is 2.42. The van der Waals surface area contributed by atoms with Crippen molar-refractivity contribution >= 4 is 0 Å². The number of ether oxygens (including phenoxy) is 1. The molecule has 3 rings (SSSR count). The summed E-state index contributed by atoms with van der Waals surface area (Å²) in [5.74, 6) is 0.295. The van der Waals surface area contributed by atoms with Crippen LogP contribution in [0.15, 0.2) is 29.2 Å². The van der Waals surface area contributed by atoms with E-state index in [-0.39, 0.29) is 5.88 Å². The Morgan fingerprint density at radius 1 is 1.39 bits per heavy atom. The van der Waals surface area contributed by atoms with E-state index in [1.165, 1.54) is 17.8 Å². The lowest BCUT2D eigenvalue weighted by atomic mass is 9.86. The minimum absolute atomic E-state index is 0.204. The van der Waals surface area contributed by atoms with Crippen molar-refractivity contribution in [3.05, 3.63) is 46.0 Å². The molecule has 2 heterocycles. The Balaban J connectivity index is 2.28. The van der Waals surface area contributed by atoms with E-state index < -0.39 is 23.4 Å². The summed E-state index contributed by atoms with van der Waals surface area (Å²) in [6.07, 6.45) is 0.240. The number of fused-ring (bicyclic) bond motifs is 1. The summed E-state index contributed by atoms with van der Waals surface area (Å²) in [6, 6.07) is 6.14. The van der Waals surface area contributed by atoms with Crippen molar-refractivity contribution in [2.45, 2.75) is 31.6 Å². The van der Waals surface area contributed by atoms with Gasteiger partial charge in [0, 0.05) is 12.6 Å². The van der Waals surface area contributed by atoms with Gasteiger partial charge in [-0.25, -0.2) is 4.79 Å². The number of benzene rings is 1. The first-order valence-corrected chi connectivity index (χ1v) is 7.14. The first-order chi connectivity index (χ1) is 10.8. The van der Waals surface area contributed by atoms with Gasteiger partial charge in [-0.15, -0.1) is 0 Å². The highest BCUT2D eigenvalue weighted by molar-refractivity contribution is 5.46. The number of hydrogen-bond donors (Lipinski definition) is 2. The second kappa shape index (κ2) is 4.89. The van der Waals surface area contributed by atoms with Crippen LogP contribution < -0.4 is 10.4 Å². The summed E-state index contributed by atoms with van der Waals surface area (Å²) in [5, 5.41) is 29.6. The molecule has 0 amide bonds. The summed E-state index contributed by atoms with van der Waals surface area (Å²) in [6.45, 7) is 3.44. The van der Waals surface area contributed by atoms with Gasteiger partial charge in [0.1, 0.15) is 17.5 Å². The van der Waals surface area contributed by atoms with Crippen LogP contribution in [0.2, 0.25) is 0 Å². The maximum absolute atomic E-state index is 12.4. The third-order valence-corrected chi connectivity index (χ3v) is 4.25. The van der Waals surface area contributed by atoms with Crippen LogP contribution in [-0.2, 0) is 7.05 Å². The Kier molecular flexibility index (Phi) is 3.23. The topological polar surface area (TPSA) is 100 Å². The van der Waals surface area contributed by atoms with Crippen LogP contribution in [0.5, 0.6) is 11.6 Å². The van der Waals surface area contributed by atoms with E-state index in [1.807, 2.05) is 6.07 Å². The molecule has 0 saturated carbocycles. The maximum Gasteiger partial charge on any atom is 0.331 e. The number of nitrogens with zero attached hydrogens (tertiary/aromatic N) is 3. The van der Waals surface area contributed by atoms with Crippen LogP contribution in [0.1, 0.15) is 31.0 Å². The molecule has 120 valence electrons. The van der Waals surface area contributed by atoms with Gasteiger partial charge < -0.3 is 14.9 Å². The molecule has 7 nitrogen and oxygen atoms in total. The van der Waals surface area contributed by atoms with Gasteiger partial charge in [-0.1, -0.05) is 0 Å². The lowest BCUT2D eigenvalue weighted by molar-refractivity contribution is -0.0643. The lowest BCUT2D eigenvalue weighted by Gasteiger charge is -2.42. The summed E-state index contributed by atoms with van der Waals surface area (Å²) in [5.41, 5.74) is -0.463. The third-order valence-electron chi connectivity index (χ3n) is 4.25. The van der Waals surface area contributed by atoms with Crippen LogP contribution in [0.3, 0.4) is 0 Å². The molecular weight excluding hydrogens is 298 g/mol. The molecule has 23 heavy (non-hydrogen) atoms. The van der Waals surface area contributed by atoms with Gasteiger partial charge in [-0.3, -0.25) is 9.13 Å². The smallest absolute Gasteiger partial charge is 0.331 e. The second-order valence-corrected chi connectivity index (χ2v) is 6.20. The average Bonchev–Trinajstić information content (AvgIpc) is 2.75. The quantitative estimate of drug-likeness (QED) is 0.814. The highest BCUT2D eigenvalue weighted by Gasteiger charge is 2.44. The molecular formula is C16H17N3O4. The summed E-state index contributed by atoms with van der Waals surface area (Å²) in [4.78, 5) is 12.4. The molecule has 0 saturated heterocycles. The van der Waals surface area contributed by atoms with Crippen LogP contribution >= 0.6 is 0 Å². The molecule has 0 fully saturated rings. The lowest BCUT2D eigenvalue weighted by Crippen LogP contribution is -2.52. The van der Waals surface area contributed by atoms with Crippen molar-refractivity contribution in [3.8, 4) is 17.7 Å². The van der Waals surface area contributed by atoms with Crippen molar-refractivity contribution < 1.29 is 14.9 Å². The van der Waals surface area contributed by atoms with E-state index in [9.17, 15) is 15.0 Å². The Hall–Kier alpha value is -2.72. The number of rotatable bonds is 1. The molecule has 1 aliphatic heterocycles. The van der Waals surface area contributed by atoms with Crippen LogP contribution in [0.4, 0.5) is 0 Å². The van der Waals surface area contributed by atoms with Crippen molar-refractivity contribution in [3.63, 3.8) is 0 Å². The molecule has 1 aromatic carbocycles. The summed E-state index contributed by atoms with van der Waals surface area (Å²) < 4.78 is 8.17. The molecule has 0 spiro atoms. The number of imidazole rings is 1. The maximum atomic E-state index is 12.4. The SMILES string of the molecule is Cn1c(O)cn([C@H]2c3cc(C#N)ccc3OC(C)(C)[C@@H]2O)c1=O. The van der Waals surface area contributed by atoms with Crippen LogP contribution in [0.25, 0.3) is 0 Å². The molecule has 1 aliphatic rings. The van der Waals surface area contributed by atoms with Crippen molar-refractivity contribution in [2.24, 2.45) is 7.05 Å². The van der Waals surface area contributed by atoms with Crippen molar-refractivity contribution in [2.75, 3.05) is 0 Å². The number of hydrogen-bond acceptors (Lipinski definition) is 5. The van der Waals surface area contributed by atoms with E-state index in [4.69, 9.17) is 10.00 Å². The fourth-order valence-electron chi connectivity index (χ4n) is 2.87. The first kappa shape index (κ1) is 15.2. The van der Waals surface area contributed by atoms with E-state index in [0.717, 1.165) is 4.57 Å². The van der Waals surface area contributed by atoms with Gasteiger partial charge in [0.2, 0.25) is 5.88 Å². The fraction of sp³-hybridized carbons (Fsp3) is 0.375. The molecule has 0 radical (unpaired) electrons. The van der Waals surface area contributed by atoms with Crippen molar-refractivity contribution in [1.82, 2.24) is 9.13 Å². The summed E-state index contributed by atoms with van der Waals surface area (Å²) >= 11 is 0. The normalized spacial score (nSPS) is 22.0. The van der Waals surface area contributed by atoms with E-state index in [1.54, 1.807) is 32.0 Å². The molecule has 0 aliphatic carbocycles. The zero-order valence-corrected chi connectivity index (χ0v) is 13.0. The van der Waals surface area contributed by atoms with Crippen molar-refractivity contribution in [1.29, 1.82) is 5.26 Å². The van der Waals surface area contributed by atoms with Gasteiger partial charge in [0.15, 0.2) is 0 Å². The molecule has 2 N–H and O–H groups in total. The highest BCUT2D eigenvalue weighted by atomic mass is 16.5. The average molecular weight is 315 g/mol. The zero-order chi connectivity index (χ0) is 16.9. The summed E-state index contributed by atoms with van der Waals surface area (Å²) in [7, 11) is 1.44. The van der Waals surface area contributed by atoms with E-state index >= 15 is 0 Å². The van der Waals surface area contributed by atoms with Gasteiger partial charge >= 0.3 is 5.69 Å². The Morgan fingerprint density at radius 3 is 2.65 bits per heavy atom. The second-order valence-electron chi connectivity index (χ2n) is 6.20. The van der Waals surface area contributed by atoms with E-state index in [0.29, 0.717) is 16.9 Å². The minimum atomic E-state index is -1.04. The molecule has 1 aromatic heterocycles. The predicted octanol–water partition coefficient (Wildman–Crippen LogP) is 0.885. The molecule has 2 atom stereocenters. The number of aliphatic hydroxyl groups is 1. The Bertz CT molecular complexity index is 872. The zero-order valence-electron chi connectivity index (χ0n) is 13.0. The van der Waals surface area contributed by atoms with Gasteiger partial charge in [-0.05, 0) is 32.0 Å². The Labute approximate surface area is 132 Å². The number of nitriles is 1. The Morgan fingerprint density at radius 2 is 2.09 bits per heavy atom. The van der Waals surface area contributed by atoms with Gasteiger partial charge in [0.05, 0.1) is 23.9 Å². The molecule has 0 unspecified atom stereocenters. The van der Waals surface area contributed by atoms with E-state index in [2.05, 4.69) is 0 Å². The fourth-order valence-corrected chi connectivity index (χ4v) is 2.87. The van der Waals surface area contributed by atoms with Crippen LogP contribution in [-0.4, -0.2) is 31.1 Å². The minimum Gasteiger partial charge on any atom is -0.493 e. The first-order valence-electron chi connectivity index (χ1n) is 7.14. The standard InChI is InChI=1S/C16H17N3O4/c1-16(2)14(21)13(19-8-12(20)18(3)15(19)22)10-6-9(7-17)4-5-11(10)23-16/h4-6,8,13-14,20-21H,1-3H3/t13-,14+/m0/s1. The predicted molar refractivity (Wildman–Crippen MR) is 81.3 cm³/mol. The number of aromatic hydroxyl groups is 1. The van der Waals surface area contributed by atoms with Crippen LogP contribution in [0, 0.1) is 11.3 Å². The van der Waals surface area contributed by atoms with Gasteiger partial charge in [0.25, 0.3) is 0 Å². The third kappa shape index (κ3) is 2.19. The number of aliphatic hydroxyl groups excluding tert-OH is 1. The van der Waals surface area contributed by atoms with Gasteiger partial charge in [-0.2, -0.15) is 5.26 Å². The largest absolute Gasteiger partial charge is 0.493 e. The number of aromatic nitrogens is 2. The molecule has 2 aromatic rings. The molecule has 0 bridgehead atoms. The monoisotopic (exact) mass is 315 g/mol.